The van der Waals surface area contributed by atoms with Gasteiger partial charge >= 0.3 is 5.97 Å². The minimum absolute atomic E-state index is 0.0127. The maximum atomic E-state index is 10.6. The van der Waals surface area contributed by atoms with Crippen LogP contribution in [-0.2, 0) is 4.79 Å². The predicted octanol–water partition coefficient (Wildman–Crippen LogP) is 1.58. The normalized spacial score (nSPS) is 25.5. The van der Waals surface area contributed by atoms with Crippen LogP contribution in [0.1, 0.15) is 17.9 Å². The number of hydrogen-bond donors (Lipinski definition) is 2. The molecule has 1 unspecified atom stereocenters. The topological polar surface area (TPSA) is 57.5 Å². The van der Waals surface area contributed by atoms with Crippen molar-refractivity contribution in [1.29, 1.82) is 0 Å². The average Bonchev–Trinajstić information content (AvgIpc) is 2.84. The van der Waals surface area contributed by atoms with Gasteiger partial charge in [-0.2, -0.15) is 0 Å². The predicted molar refractivity (Wildman–Crippen MR) is 46.6 cm³/mol. The number of carbonyl (C=O) groups is 1. The van der Waals surface area contributed by atoms with E-state index in [1.165, 1.54) is 0 Å². The minimum atomic E-state index is -0.770. The van der Waals surface area contributed by atoms with Crippen LogP contribution in [0.3, 0.4) is 0 Å². The van der Waals surface area contributed by atoms with E-state index >= 15 is 0 Å². The molecule has 13 heavy (non-hydrogen) atoms. The van der Waals surface area contributed by atoms with Gasteiger partial charge in [-0.15, -0.1) is 0 Å². The van der Waals surface area contributed by atoms with Crippen molar-refractivity contribution in [1.82, 2.24) is 0 Å². The monoisotopic (exact) mass is 178 g/mol. The van der Waals surface area contributed by atoms with Gasteiger partial charge in [0.1, 0.15) is 5.75 Å². The zero-order valence-corrected chi connectivity index (χ0v) is 6.97. The van der Waals surface area contributed by atoms with Crippen molar-refractivity contribution in [3.63, 3.8) is 0 Å². The van der Waals surface area contributed by atoms with Gasteiger partial charge in [-0.25, -0.2) is 0 Å². The molecule has 1 aromatic rings. The molecule has 3 heteroatoms. The third-order valence-corrected chi connectivity index (χ3v) is 2.44. The lowest BCUT2D eigenvalue weighted by molar-refractivity contribution is -0.138. The Bertz CT molecular complexity index is 346. The van der Waals surface area contributed by atoms with E-state index in [-0.39, 0.29) is 17.6 Å². The van der Waals surface area contributed by atoms with Crippen LogP contribution in [0.25, 0.3) is 0 Å². The molecule has 1 aliphatic carbocycles. The number of phenols is 1. The lowest BCUT2D eigenvalue weighted by Crippen LogP contribution is -1.98. The van der Waals surface area contributed by atoms with E-state index < -0.39 is 5.97 Å². The van der Waals surface area contributed by atoms with Gasteiger partial charge in [0.05, 0.1) is 5.92 Å². The van der Waals surface area contributed by atoms with E-state index in [0.717, 1.165) is 5.56 Å². The van der Waals surface area contributed by atoms with Crippen molar-refractivity contribution in [3.05, 3.63) is 29.8 Å². The molecular weight excluding hydrogens is 168 g/mol. The van der Waals surface area contributed by atoms with E-state index in [1.54, 1.807) is 18.2 Å². The maximum absolute atomic E-state index is 10.6. The fourth-order valence-corrected chi connectivity index (χ4v) is 1.61. The van der Waals surface area contributed by atoms with Gasteiger partial charge in [0.2, 0.25) is 0 Å². The van der Waals surface area contributed by atoms with Gasteiger partial charge in [-0.1, -0.05) is 18.2 Å². The van der Waals surface area contributed by atoms with Crippen LogP contribution in [0.2, 0.25) is 0 Å². The van der Waals surface area contributed by atoms with E-state index in [0.29, 0.717) is 6.42 Å². The van der Waals surface area contributed by atoms with E-state index in [2.05, 4.69) is 0 Å². The van der Waals surface area contributed by atoms with Gasteiger partial charge in [-0.05, 0) is 18.1 Å². The van der Waals surface area contributed by atoms with Crippen molar-refractivity contribution in [2.45, 2.75) is 12.3 Å². The molecule has 2 rings (SSSR count). The Hall–Kier alpha value is -1.51. The highest BCUT2D eigenvalue weighted by Crippen LogP contribution is 2.49. The zero-order valence-electron chi connectivity index (χ0n) is 6.97. The van der Waals surface area contributed by atoms with Crippen molar-refractivity contribution in [2.24, 2.45) is 5.92 Å². The molecule has 0 aliphatic heterocycles. The number of aromatic hydroxyl groups is 1. The quantitative estimate of drug-likeness (QED) is 0.722. The Labute approximate surface area is 75.6 Å². The molecule has 1 saturated carbocycles. The second-order valence-electron chi connectivity index (χ2n) is 3.35. The zero-order chi connectivity index (χ0) is 9.42. The smallest absolute Gasteiger partial charge is 0.307 e. The lowest BCUT2D eigenvalue weighted by Gasteiger charge is -2.00. The van der Waals surface area contributed by atoms with Gasteiger partial charge < -0.3 is 10.2 Å². The summed E-state index contributed by atoms with van der Waals surface area (Å²) >= 11 is 0. The summed E-state index contributed by atoms with van der Waals surface area (Å²) in [7, 11) is 0. The summed E-state index contributed by atoms with van der Waals surface area (Å²) < 4.78 is 0. The molecule has 3 nitrogen and oxygen atoms in total. The molecule has 0 saturated heterocycles. The van der Waals surface area contributed by atoms with Crippen molar-refractivity contribution < 1.29 is 15.0 Å². The lowest BCUT2D eigenvalue weighted by atomic mass is 10.1. The summed E-state index contributed by atoms with van der Waals surface area (Å²) in [4.78, 5) is 10.6. The van der Waals surface area contributed by atoms with Gasteiger partial charge in [0.25, 0.3) is 0 Å². The summed E-state index contributed by atoms with van der Waals surface area (Å²) in [5.41, 5.74) is 0.759. The van der Waals surface area contributed by atoms with Crippen LogP contribution < -0.4 is 0 Å². The molecule has 68 valence electrons. The third-order valence-electron chi connectivity index (χ3n) is 2.44. The van der Waals surface area contributed by atoms with E-state index in [4.69, 9.17) is 5.11 Å². The number of aliphatic carboxylic acids is 1. The van der Waals surface area contributed by atoms with Crippen LogP contribution in [-0.4, -0.2) is 16.2 Å². The van der Waals surface area contributed by atoms with Crippen LogP contribution in [0.5, 0.6) is 5.75 Å². The summed E-state index contributed by atoms with van der Waals surface area (Å²) in [5.74, 6) is -0.850. The first-order chi connectivity index (χ1) is 6.20. The number of carboxylic acids is 1. The number of para-hydroxylation sites is 1. The average molecular weight is 178 g/mol. The Kier molecular flexibility index (Phi) is 1.72. The largest absolute Gasteiger partial charge is 0.508 e. The van der Waals surface area contributed by atoms with Crippen LogP contribution >= 0.6 is 0 Å². The second-order valence-corrected chi connectivity index (χ2v) is 3.35. The Morgan fingerprint density at radius 1 is 1.38 bits per heavy atom. The SMILES string of the molecule is O=C(O)[C@@H]1CC1c1ccccc1O. The first-order valence-electron chi connectivity index (χ1n) is 4.21. The van der Waals surface area contributed by atoms with Crippen LogP contribution in [0.15, 0.2) is 24.3 Å². The number of hydrogen-bond acceptors (Lipinski definition) is 2. The molecule has 0 radical (unpaired) electrons. The molecule has 1 fully saturated rings. The fourth-order valence-electron chi connectivity index (χ4n) is 1.61. The molecule has 0 heterocycles. The van der Waals surface area contributed by atoms with Gasteiger partial charge in [0.15, 0.2) is 0 Å². The van der Waals surface area contributed by atoms with Crippen LogP contribution in [0.4, 0.5) is 0 Å². The maximum Gasteiger partial charge on any atom is 0.307 e. The summed E-state index contributed by atoms with van der Waals surface area (Å²) in [5, 5.41) is 18.1. The number of phenolic OH excluding ortho intramolecular Hbond substituents is 1. The van der Waals surface area contributed by atoms with Crippen molar-refractivity contribution >= 4 is 5.97 Å². The fraction of sp³-hybridized carbons (Fsp3) is 0.300. The molecule has 0 aromatic heterocycles. The van der Waals surface area contributed by atoms with E-state index in [1.807, 2.05) is 6.07 Å². The molecule has 1 aliphatic rings. The Balaban J connectivity index is 2.21. The third kappa shape index (κ3) is 1.37. The summed E-state index contributed by atoms with van der Waals surface area (Å²) in [6.07, 6.45) is 0.646. The highest BCUT2D eigenvalue weighted by atomic mass is 16.4. The molecule has 2 atom stereocenters. The van der Waals surface area contributed by atoms with Gasteiger partial charge in [-0.3, -0.25) is 4.79 Å². The van der Waals surface area contributed by atoms with E-state index in [9.17, 15) is 9.90 Å². The standard InChI is InChI=1S/C10H10O3/c11-9-4-2-1-3-6(9)7-5-8(7)10(12)13/h1-4,7-8,11H,5H2,(H,12,13)/t7?,8-/m1/s1. The van der Waals surface area contributed by atoms with Crippen LogP contribution in [0, 0.1) is 5.92 Å². The first kappa shape index (κ1) is 8.10. The molecule has 0 amide bonds. The van der Waals surface area contributed by atoms with Crippen molar-refractivity contribution in [2.75, 3.05) is 0 Å². The minimum Gasteiger partial charge on any atom is -0.508 e. The molecule has 2 N–H and O–H groups in total. The number of carboxylic acid groups (broad SMARTS) is 1. The summed E-state index contributed by atoms with van der Waals surface area (Å²) in [6.45, 7) is 0. The Morgan fingerprint density at radius 2 is 2.08 bits per heavy atom. The molecule has 1 aromatic carbocycles. The second kappa shape index (κ2) is 2.76. The number of rotatable bonds is 2. The highest BCUT2D eigenvalue weighted by molar-refractivity contribution is 5.75. The molecule has 0 bridgehead atoms. The van der Waals surface area contributed by atoms with Crippen molar-refractivity contribution in [3.8, 4) is 5.75 Å². The van der Waals surface area contributed by atoms with Gasteiger partial charge in [0, 0.05) is 5.92 Å². The Morgan fingerprint density at radius 3 is 2.62 bits per heavy atom. The molecule has 0 spiro atoms. The number of benzene rings is 1. The summed E-state index contributed by atoms with van der Waals surface area (Å²) in [6, 6.07) is 6.92. The highest BCUT2D eigenvalue weighted by Gasteiger charge is 2.45. The first-order valence-corrected chi connectivity index (χ1v) is 4.21. The molecular formula is C10H10O3.